The number of morpholine rings is 1. The molecule has 4 aromatic rings. The van der Waals surface area contributed by atoms with Crippen LogP contribution in [0.1, 0.15) is 17.3 Å². The monoisotopic (exact) mass is 505 g/mol. The summed E-state index contributed by atoms with van der Waals surface area (Å²) in [6.07, 6.45) is -0.345. The summed E-state index contributed by atoms with van der Waals surface area (Å²) in [6.45, 7) is 3.19. The highest BCUT2D eigenvalue weighted by Crippen LogP contribution is 2.41. The van der Waals surface area contributed by atoms with Crippen molar-refractivity contribution < 1.29 is 9.66 Å². The first-order chi connectivity index (χ1) is 18.7. The molecule has 2 heterocycles. The Morgan fingerprint density at radius 2 is 1.34 bits per heavy atom. The quantitative estimate of drug-likeness (QED) is 0.243. The highest BCUT2D eigenvalue weighted by molar-refractivity contribution is 6.12. The van der Waals surface area contributed by atoms with Crippen LogP contribution in [0.2, 0.25) is 0 Å². The van der Waals surface area contributed by atoms with Gasteiger partial charge in [0.1, 0.15) is 0 Å². The van der Waals surface area contributed by atoms with E-state index in [9.17, 15) is 10.1 Å². The van der Waals surface area contributed by atoms with Crippen LogP contribution in [0.3, 0.4) is 0 Å². The van der Waals surface area contributed by atoms with E-state index in [0.29, 0.717) is 0 Å². The third-order valence-electron chi connectivity index (χ3n) is 6.87. The van der Waals surface area contributed by atoms with Crippen LogP contribution in [0.15, 0.2) is 114 Å². The van der Waals surface area contributed by atoms with Gasteiger partial charge in [0.2, 0.25) is 0 Å². The van der Waals surface area contributed by atoms with Crippen molar-refractivity contribution in [2.45, 2.75) is 6.17 Å². The summed E-state index contributed by atoms with van der Waals surface area (Å²) in [4.78, 5) is 15.5. The molecule has 0 N–H and O–H groups in total. The third kappa shape index (κ3) is 4.57. The zero-order valence-corrected chi connectivity index (χ0v) is 20.8. The zero-order chi connectivity index (χ0) is 25.9. The molecule has 0 unspecified atom stereocenters. The molecule has 0 spiro atoms. The predicted molar refractivity (Wildman–Crippen MR) is 150 cm³/mol. The molecule has 2 aliphatic heterocycles. The molecule has 0 aromatic heterocycles. The maximum atomic E-state index is 11.4. The number of amidine groups is 1. The minimum Gasteiger partial charge on any atom is -0.378 e. The second-order valence-corrected chi connectivity index (χ2v) is 9.18. The van der Waals surface area contributed by atoms with Crippen LogP contribution >= 0.6 is 0 Å². The molecule has 1 atom stereocenters. The normalized spacial score (nSPS) is 17.4. The van der Waals surface area contributed by atoms with Crippen molar-refractivity contribution in [3.8, 4) is 0 Å². The van der Waals surface area contributed by atoms with Gasteiger partial charge in [0, 0.05) is 42.2 Å². The number of benzene rings is 4. The van der Waals surface area contributed by atoms with Gasteiger partial charge in [-0.2, -0.15) is 5.10 Å². The highest BCUT2D eigenvalue weighted by atomic mass is 16.6. The molecule has 0 bridgehead atoms. The summed E-state index contributed by atoms with van der Waals surface area (Å²) in [7, 11) is 0. The fourth-order valence-corrected chi connectivity index (χ4v) is 4.96. The Morgan fingerprint density at radius 3 is 1.97 bits per heavy atom. The maximum absolute atomic E-state index is 11.4. The van der Waals surface area contributed by atoms with E-state index in [1.807, 2.05) is 65.7 Å². The first-order valence-corrected chi connectivity index (χ1v) is 12.6. The predicted octanol–water partition coefficient (Wildman–Crippen LogP) is 5.82. The minimum atomic E-state index is -0.374. The van der Waals surface area contributed by atoms with Crippen molar-refractivity contribution >= 4 is 28.6 Å². The number of rotatable bonds is 6. The SMILES string of the molecule is O=[N+]([O-])c1ccc([C@H]2N(c3ccccc3)N=C(c3ccccc3)N2c2ccc(N3CCOCC3)cc2)cc1. The fourth-order valence-electron chi connectivity index (χ4n) is 4.96. The smallest absolute Gasteiger partial charge is 0.269 e. The fraction of sp³-hybridized carbons (Fsp3) is 0.167. The second kappa shape index (κ2) is 10.4. The second-order valence-electron chi connectivity index (χ2n) is 9.18. The lowest BCUT2D eigenvalue weighted by Gasteiger charge is -2.33. The summed E-state index contributed by atoms with van der Waals surface area (Å²) in [5.74, 6) is 0.803. The van der Waals surface area contributed by atoms with Crippen molar-refractivity contribution in [2.24, 2.45) is 5.10 Å². The molecular formula is C30H27N5O3. The van der Waals surface area contributed by atoms with Crippen LogP contribution in [0.4, 0.5) is 22.7 Å². The number of nitro benzene ring substituents is 1. The number of hydrazone groups is 1. The molecule has 2 aliphatic rings. The van der Waals surface area contributed by atoms with Crippen molar-refractivity contribution in [3.05, 3.63) is 130 Å². The van der Waals surface area contributed by atoms with Gasteiger partial charge in [0.05, 0.1) is 23.8 Å². The zero-order valence-electron chi connectivity index (χ0n) is 20.8. The van der Waals surface area contributed by atoms with Gasteiger partial charge in [-0.15, -0.1) is 0 Å². The maximum Gasteiger partial charge on any atom is 0.269 e. The number of non-ortho nitro benzene ring substituents is 1. The van der Waals surface area contributed by atoms with Crippen molar-refractivity contribution in [1.82, 2.24) is 0 Å². The van der Waals surface area contributed by atoms with E-state index in [-0.39, 0.29) is 16.8 Å². The van der Waals surface area contributed by atoms with Gasteiger partial charge in [-0.1, -0.05) is 48.5 Å². The molecule has 1 fully saturated rings. The first-order valence-electron chi connectivity index (χ1n) is 12.6. The molecule has 0 aliphatic carbocycles. The number of nitrogens with zero attached hydrogens (tertiary/aromatic N) is 5. The molecule has 8 nitrogen and oxygen atoms in total. The molecule has 4 aromatic carbocycles. The molecule has 38 heavy (non-hydrogen) atoms. The first kappa shape index (κ1) is 23.7. The number of hydrogen-bond acceptors (Lipinski definition) is 7. The summed E-state index contributed by atoms with van der Waals surface area (Å²) >= 11 is 0. The van der Waals surface area contributed by atoms with Gasteiger partial charge >= 0.3 is 0 Å². The van der Waals surface area contributed by atoms with Gasteiger partial charge < -0.3 is 9.64 Å². The van der Waals surface area contributed by atoms with Gasteiger partial charge in [0.15, 0.2) is 12.0 Å². The Bertz CT molecular complexity index is 1420. The van der Waals surface area contributed by atoms with Gasteiger partial charge in [-0.25, -0.2) is 5.01 Å². The number of hydrogen-bond donors (Lipinski definition) is 0. The van der Waals surface area contributed by atoms with Gasteiger partial charge in [-0.05, 0) is 54.1 Å². The molecule has 6 rings (SSSR count). The van der Waals surface area contributed by atoms with Crippen LogP contribution in [0, 0.1) is 10.1 Å². The number of ether oxygens (including phenoxy) is 1. The van der Waals surface area contributed by atoms with E-state index < -0.39 is 0 Å². The van der Waals surface area contributed by atoms with Crippen LogP contribution in [-0.2, 0) is 4.74 Å². The van der Waals surface area contributed by atoms with Crippen LogP contribution in [0.5, 0.6) is 0 Å². The average molecular weight is 506 g/mol. The topological polar surface area (TPSA) is 74.5 Å². The average Bonchev–Trinajstić information content (AvgIpc) is 3.39. The van der Waals surface area contributed by atoms with E-state index in [1.54, 1.807) is 12.1 Å². The van der Waals surface area contributed by atoms with E-state index in [4.69, 9.17) is 9.84 Å². The lowest BCUT2D eigenvalue weighted by atomic mass is 10.1. The lowest BCUT2D eigenvalue weighted by molar-refractivity contribution is -0.384. The van der Waals surface area contributed by atoms with Crippen LogP contribution in [-0.4, -0.2) is 37.1 Å². The summed E-state index contributed by atoms with van der Waals surface area (Å²) < 4.78 is 5.52. The molecule has 190 valence electrons. The Labute approximate surface area is 221 Å². The van der Waals surface area contributed by atoms with Gasteiger partial charge in [-0.3, -0.25) is 15.0 Å². The summed E-state index contributed by atoms with van der Waals surface area (Å²) in [5.41, 5.74) is 4.99. The van der Waals surface area contributed by atoms with E-state index in [2.05, 4.69) is 46.2 Å². The van der Waals surface area contributed by atoms with Crippen molar-refractivity contribution in [3.63, 3.8) is 0 Å². The summed E-state index contributed by atoms with van der Waals surface area (Å²) in [5, 5.41) is 18.5. The van der Waals surface area contributed by atoms with E-state index in [1.165, 1.54) is 0 Å². The molecule has 0 amide bonds. The molecule has 1 saturated heterocycles. The highest BCUT2D eigenvalue weighted by Gasteiger charge is 2.38. The Hall–Kier alpha value is -4.69. The van der Waals surface area contributed by atoms with E-state index >= 15 is 0 Å². The lowest BCUT2D eigenvalue weighted by Crippen LogP contribution is -2.37. The van der Waals surface area contributed by atoms with Crippen molar-refractivity contribution in [2.75, 3.05) is 41.1 Å². The van der Waals surface area contributed by atoms with E-state index in [0.717, 1.165) is 60.3 Å². The number of para-hydroxylation sites is 1. The third-order valence-corrected chi connectivity index (χ3v) is 6.87. The molecule has 0 saturated carbocycles. The van der Waals surface area contributed by atoms with Crippen molar-refractivity contribution in [1.29, 1.82) is 0 Å². The minimum absolute atomic E-state index is 0.0589. The largest absolute Gasteiger partial charge is 0.378 e. The molecule has 8 heteroatoms. The van der Waals surface area contributed by atoms with Gasteiger partial charge in [0.25, 0.3) is 5.69 Å². The Balaban J connectivity index is 1.47. The number of nitro groups is 1. The number of anilines is 3. The van der Waals surface area contributed by atoms with Crippen LogP contribution in [0.25, 0.3) is 0 Å². The standard InChI is InChI=1S/C30H27N5O3/c36-35(37)28-13-11-24(12-14-28)30-33(26-17-15-25(16-18-26)32-19-21-38-22-20-32)29(23-7-3-1-4-8-23)31-34(30)27-9-5-2-6-10-27/h1-18,30H,19-22H2/t30-/m1/s1. The molecule has 0 radical (unpaired) electrons. The summed E-state index contributed by atoms with van der Waals surface area (Å²) in [6, 6.07) is 35.4. The Kier molecular flexibility index (Phi) is 6.46. The Morgan fingerprint density at radius 1 is 0.737 bits per heavy atom. The molecular weight excluding hydrogens is 478 g/mol. The van der Waals surface area contributed by atoms with Crippen LogP contribution < -0.4 is 14.8 Å².